The standard InChI is InChI=1S/C20H22ClN3O2/c21-16-12-15-7-11-26-19(15)17(13-16)23-20(25)24-10-3-1-2-4-18(24)14-5-8-22-9-6-14/h5-6,8-9,12-13,18H,1-4,7,10-11H2,(H,23,25)/t18-/m1/s1. The number of anilines is 1. The molecule has 2 aliphatic heterocycles. The van der Waals surface area contributed by atoms with Gasteiger partial charge in [-0.1, -0.05) is 24.4 Å². The molecule has 1 aromatic carbocycles. The normalized spacial score (nSPS) is 19.4. The van der Waals surface area contributed by atoms with Gasteiger partial charge in [-0.2, -0.15) is 0 Å². The third-order valence-corrected chi connectivity index (χ3v) is 5.31. The van der Waals surface area contributed by atoms with Gasteiger partial charge in [0.05, 0.1) is 18.3 Å². The summed E-state index contributed by atoms with van der Waals surface area (Å²) in [6.45, 7) is 1.37. The number of halogens is 1. The average Bonchev–Trinajstić information content (AvgIpc) is 2.98. The average molecular weight is 372 g/mol. The molecular formula is C20H22ClN3O2. The van der Waals surface area contributed by atoms with E-state index >= 15 is 0 Å². The smallest absolute Gasteiger partial charge is 0.322 e. The highest BCUT2D eigenvalue weighted by atomic mass is 35.5. The number of carbonyl (C=O) groups is 1. The van der Waals surface area contributed by atoms with E-state index in [1.165, 1.54) is 0 Å². The number of urea groups is 1. The summed E-state index contributed by atoms with van der Waals surface area (Å²) >= 11 is 6.22. The Hall–Kier alpha value is -2.27. The lowest BCUT2D eigenvalue weighted by Crippen LogP contribution is -2.38. The van der Waals surface area contributed by atoms with Crippen molar-refractivity contribution in [2.45, 2.75) is 38.1 Å². The first kappa shape index (κ1) is 17.2. The predicted molar refractivity (Wildman–Crippen MR) is 102 cm³/mol. The first-order valence-electron chi connectivity index (χ1n) is 9.15. The molecule has 2 aliphatic rings. The molecule has 1 atom stereocenters. The summed E-state index contributed by atoms with van der Waals surface area (Å²) in [5.41, 5.74) is 2.84. The molecule has 0 bridgehead atoms. The SMILES string of the molecule is O=C(Nc1cc(Cl)cc2c1OCC2)N1CCCCC[C@@H]1c1ccncc1. The molecular weight excluding hydrogens is 350 g/mol. The van der Waals surface area contributed by atoms with Gasteiger partial charge in [0.15, 0.2) is 0 Å². The van der Waals surface area contributed by atoms with Crippen LogP contribution < -0.4 is 10.1 Å². The Balaban J connectivity index is 1.60. The maximum atomic E-state index is 13.1. The van der Waals surface area contributed by atoms with Crippen molar-refractivity contribution in [1.82, 2.24) is 9.88 Å². The zero-order chi connectivity index (χ0) is 17.9. The first-order chi connectivity index (χ1) is 12.7. The number of nitrogens with zero attached hydrogens (tertiary/aromatic N) is 2. The molecule has 0 unspecified atom stereocenters. The van der Waals surface area contributed by atoms with Crippen molar-refractivity contribution >= 4 is 23.3 Å². The van der Waals surface area contributed by atoms with E-state index in [1.807, 2.05) is 23.1 Å². The molecule has 1 N–H and O–H groups in total. The second-order valence-corrected chi connectivity index (χ2v) is 7.25. The van der Waals surface area contributed by atoms with Crippen LogP contribution in [0.5, 0.6) is 5.75 Å². The highest BCUT2D eigenvalue weighted by molar-refractivity contribution is 6.31. The van der Waals surface area contributed by atoms with Crippen LogP contribution in [-0.4, -0.2) is 29.1 Å². The first-order valence-corrected chi connectivity index (χ1v) is 9.53. The molecule has 0 aliphatic carbocycles. The molecule has 1 fully saturated rings. The fraction of sp³-hybridized carbons (Fsp3) is 0.400. The summed E-state index contributed by atoms with van der Waals surface area (Å²) in [5, 5.41) is 3.66. The molecule has 1 saturated heterocycles. The Morgan fingerprint density at radius 3 is 2.92 bits per heavy atom. The van der Waals surface area contributed by atoms with E-state index in [9.17, 15) is 4.79 Å². The number of ether oxygens (including phenoxy) is 1. The van der Waals surface area contributed by atoms with Gasteiger partial charge in [-0.3, -0.25) is 4.98 Å². The van der Waals surface area contributed by atoms with E-state index in [0.717, 1.165) is 55.5 Å². The van der Waals surface area contributed by atoms with Gasteiger partial charge in [0.1, 0.15) is 5.75 Å². The molecule has 3 heterocycles. The lowest BCUT2D eigenvalue weighted by molar-refractivity contribution is 0.189. The molecule has 2 aromatic rings. The van der Waals surface area contributed by atoms with Crippen LogP contribution in [0.4, 0.5) is 10.5 Å². The number of hydrogen-bond donors (Lipinski definition) is 1. The van der Waals surface area contributed by atoms with Crippen LogP contribution in [0.2, 0.25) is 5.02 Å². The Bertz CT molecular complexity index is 797. The summed E-state index contributed by atoms with van der Waals surface area (Å²) in [5.74, 6) is 0.748. The molecule has 6 heteroatoms. The van der Waals surface area contributed by atoms with Gasteiger partial charge in [0.25, 0.3) is 0 Å². The molecule has 4 rings (SSSR count). The lowest BCUT2D eigenvalue weighted by Gasteiger charge is -2.30. The molecule has 0 saturated carbocycles. The lowest BCUT2D eigenvalue weighted by atomic mass is 10.0. The van der Waals surface area contributed by atoms with Crippen molar-refractivity contribution in [1.29, 1.82) is 0 Å². The number of carbonyl (C=O) groups excluding carboxylic acids is 1. The minimum atomic E-state index is -0.103. The largest absolute Gasteiger partial charge is 0.491 e. The fourth-order valence-corrected chi connectivity index (χ4v) is 4.07. The number of nitrogens with one attached hydrogen (secondary N) is 1. The van der Waals surface area contributed by atoms with E-state index in [-0.39, 0.29) is 12.1 Å². The summed E-state index contributed by atoms with van der Waals surface area (Å²) in [6.07, 6.45) is 8.62. The minimum absolute atomic E-state index is 0.0636. The fourth-order valence-electron chi connectivity index (χ4n) is 3.83. The highest BCUT2D eigenvalue weighted by Gasteiger charge is 2.28. The van der Waals surface area contributed by atoms with Crippen LogP contribution in [0.3, 0.4) is 0 Å². The third-order valence-electron chi connectivity index (χ3n) is 5.09. The van der Waals surface area contributed by atoms with Gasteiger partial charge in [0, 0.05) is 35.9 Å². The maximum Gasteiger partial charge on any atom is 0.322 e. The van der Waals surface area contributed by atoms with Crippen LogP contribution in [0.1, 0.15) is 42.9 Å². The van der Waals surface area contributed by atoms with Crippen molar-refractivity contribution in [3.8, 4) is 5.75 Å². The van der Waals surface area contributed by atoms with Crippen LogP contribution in [0, 0.1) is 0 Å². The van der Waals surface area contributed by atoms with Gasteiger partial charge in [-0.15, -0.1) is 0 Å². The molecule has 1 aromatic heterocycles. The number of fused-ring (bicyclic) bond motifs is 1. The second-order valence-electron chi connectivity index (χ2n) is 6.81. The topological polar surface area (TPSA) is 54.5 Å². The quantitative estimate of drug-likeness (QED) is 0.823. The molecule has 2 amide bonds. The maximum absolute atomic E-state index is 13.1. The summed E-state index contributed by atoms with van der Waals surface area (Å²) in [6, 6.07) is 7.63. The number of benzene rings is 1. The van der Waals surface area contributed by atoms with Crippen molar-refractivity contribution in [3.05, 3.63) is 52.8 Å². The van der Waals surface area contributed by atoms with Gasteiger partial charge in [-0.25, -0.2) is 4.79 Å². The van der Waals surface area contributed by atoms with E-state index in [1.54, 1.807) is 18.5 Å². The van der Waals surface area contributed by atoms with Crippen molar-refractivity contribution in [2.24, 2.45) is 0 Å². The number of aromatic nitrogens is 1. The van der Waals surface area contributed by atoms with E-state index < -0.39 is 0 Å². The van der Waals surface area contributed by atoms with Crippen LogP contribution in [0.25, 0.3) is 0 Å². The Kier molecular flexibility index (Phi) is 4.98. The van der Waals surface area contributed by atoms with Gasteiger partial charge < -0.3 is 15.0 Å². The highest BCUT2D eigenvalue weighted by Crippen LogP contribution is 2.37. The zero-order valence-electron chi connectivity index (χ0n) is 14.6. The Labute approximate surface area is 158 Å². The summed E-state index contributed by atoms with van der Waals surface area (Å²) < 4.78 is 5.71. The van der Waals surface area contributed by atoms with Crippen LogP contribution >= 0.6 is 11.6 Å². The molecule has 26 heavy (non-hydrogen) atoms. The van der Waals surface area contributed by atoms with Crippen LogP contribution in [0.15, 0.2) is 36.7 Å². The predicted octanol–water partition coefficient (Wildman–Crippen LogP) is 4.82. The molecule has 0 spiro atoms. The number of pyridine rings is 1. The van der Waals surface area contributed by atoms with Crippen molar-refractivity contribution < 1.29 is 9.53 Å². The number of amides is 2. The molecule has 0 radical (unpaired) electrons. The van der Waals surface area contributed by atoms with E-state index in [4.69, 9.17) is 16.3 Å². The number of rotatable bonds is 2. The van der Waals surface area contributed by atoms with E-state index in [0.29, 0.717) is 17.3 Å². The second kappa shape index (κ2) is 7.54. The van der Waals surface area contributed by atoms with Gasteiger partial charge >= 0.3 is 6.03 Å². The van der Waals surface area contributed by atoms with E-state index in [2.05, 4.69) is 10.3 Å². The molecule has 136 valence electrons. The number of hydrogen-bond acceptors (Lipinski definition) is 3. The summed E-state index contributed by atoms with van der Waals surface area (Å²) in [7, 11) is 0. The van der Waals surface area contributed by atoms with Crippen molar-refractivity contribution in [3.63, 3.8) is 0 Å². The monoisotopic (exact) mass is 371 g/mol. The van der Waals surface area contributed by atoms with Crippen LogP contribution in [-0.2, 0) is 6.42 Å². The van der Waals surface area contributed by atoms with Gasteiger partial charge in [0.2, 0.25) is 0 Å². The minimum Gasteiger partial charge on any atom is -0.491 e. The molecule has 5 nitrogen and oxygen atoms in total. The Morgan fingerprint density at radius 1 is 1.23 bits per heavy atom. The zero-order valence-corrected chi connectivity index (χ0v) is 15.3. The van der Waals surface area contributed by atoms with Gasteiger partial charge in [-0.05, 0) is 42.7 Å². The number of likely N-dealkylation sites (tertiary alicyclic amines) is 1. The third kappa shape index (κ3) is 3.49. The van der Waals surface area contributed by atoms with Crippen molar-refractivity contribution in [2.75, 3.05) is 18.5 Å². The summed E-state index contributed by atoms with van der Waals surface area (Å²) in [4.78, 5) is 19.2. The Morgan fingerprint density at radius 2 is 2.08 bits per heavy atom.